The molecule has 0 saturated heterocycles. The van der Waals surface area contributed by atoms with Gasteiger partial charge in [0.15, 0.2) is 5.69 Å². The molecule has 0 aliphatic carbocycles. The molecule has 16 heavy (non-hydrogen) atoms. The lowest BCUT2D eigenvalue weighted by atomic mass is 10.3. The van der Waals surface area contributed by atoms with Gasteiger partial charge >= 0.3 is 11.7 Å². The van der Waals surface area contributed by atoms with Crippen molar-refractivity contribution < 1.29 is 27.1 Å². The summed E-state index contributed by atoms with van der Waals surface area (Å²) in [7, 11) is -4.89. The molecule has 0 spiro atoms. The number of carboxylic acids is 1. The summed E-state index contributed by atoms with van der Waals surface area (Å²) in [6.07, 6.45) is 1.10. The van der Waals surface area contributed by atoms with Crippen LogP contribution < -0.4 is 4.72 Å². The number of carbonyl (C=O) groups is 1. The van der Waals surface area contributed by atoms with Gasteiger partial charge in [-0.2, -0.15) is 8.78 Å². The van der Waals surface area contributed by atoms with E-state index in [1.807, 2.05) is 0 Å². The molecule has 0 fully saturated rings. The fourth-order valence-electron chi connectivity index (χ4n) is 0.856. The van der Waals surface area contributed by atoms with Gasteiger partial charge in [0.2, 0.25) is 0 Å². The molecule has 1 aromatic rings. The van der Waals surface area contributed by atoms with Gasteiger partial charge in [0.1, 0.15) is 0 Å². The lowest BCUT2D eigenvalue weighted by Gasteiger charge is -2.08. The highest BCUT2D eigenvalue weighted by Gasteiger charge is 2.25. The zero-order chi connectivity index (χ0) is 12.3. The molecule has 0 radical (unpaired) electrons. The third-order valence-corrected chi connectivity index (χ3v) is 2.47. The average Bonchev–Trinajstić information content (AvgIpc) is 2.17. The summed E-state index contributed by atoms with van der Waals surface area (Å²) in [6, 6.07) is 2.24. The van der Waals surface area contributed by atoms with Crippen LogP contribution in [0, 0.1) is 0 Å². The van der Waals surface area contributed by atoms with Crippen molar-refractivity contribution in [1.29, 1.82) is 0 Å². The number of alkyl halides is 2. The predicted molar refractivity (Wildman–Crippen MR) is 49.7 cm³/mol. The second-order valence-corrected chi connectivity index (χ2v) is 4.26. The molecule has 2 N–H and O–H groups in total. The quantitative estimate of drug-likeness (QED) is 0.824. The van der Waals surface area contributed by atoms with E-state index >= 15 is 0 Å². The van der Waals surface area contributed by atoms with Gasteiger partial charge in [-0.25, -0.2) is 18.2 Å². The van der Waals surface area contributed by atoms with Crippen molar-refractivity contribution in [3.63, 3.8) is 0 Å². The molecule has 0 unspecified atom stereocenters. The number of rotatable bonds is 4. The smallest absolute Gasteiger partial charge is 0.356 e. The van der Waals surface area contributed by atoms with Crippen molar-refractivity contribution in [1.82, 2.24) is 4.98 Å². The Morgan fingerprint density at radius 2 is 2.12 bits per heavy atom. The Kier molecular flexibility index (Phi) is 3.38. The molecule has 6 nitrogen and oxygen atoms in total. The van der Waals surface area contributed by atoms with Crippen molar-refractivity contribution in [3.05, 3.63) is 24.0 Å². The maximum absolute atomic E-state index is 12.0. The molecule has 0 bridgehead atoms. The van der Waals surface area contributed by atoms with E-state index in [0.29, 0.717) is 0 Å². The van der Waals surface area contributed by atoms with Crippen LogP contribution in [-0.2, 0) is 10.0 Å². The van der Waals surface area contributed by atoms with Crippen molar-refractivity contribution in [3.8, 4) is 0 Å². The van der Waals surface area contributed by atoms with Crippen LogP contribution in [0.1, 0.15) is 10.5 Å². The third-order valence-electron chi connectivity index (χ3n) is 1.50. The van der Waals surface area contributed by atoms with Crippen molar-refractivity contribution in [2.24, 2.45) is 0 Å². The van der Waals surface area contributed by atoms with Crippen molar-refractivity contribution in [2.45, 2.75) is 5.76 Å². The average molecular weight is 252 g/mol. The van der Waals surface area contributed by atoms with Gasteiger partial charge in [-0.15, -0.1) is 0 Å². The SMILES string of the molecule is O=C(O)c1ncccc1NS(=O)(=O)C(F)F. The molecule has 1 rings (SSSR count). The number of hydrogen-bond donors (Lipinski definition) is 2. The van der Waals surface area contributed by atoms with Crippen LogP contribution in [0.5, 0.6) is 0 Å². The zero-order valence-electron chi connectivity index (χ0n) is 7.59. The Labute approximate surface area is 89.0 Å². The molecule has 0 saturated carbocycles. The van der Waals surface area contributed by atoms with Crippen LogP contribution in [0.25, 0.3) is 0 Å². The van der Waals surface area contributed by atoms with E-state index < -0.39 is 33.1 Å². The number of hydrogen-bond acceptors (Lipinski definition) is 4. The van der Waals surface area contributed by atoms with Crippen LogP contribution in [0.3, 0.4) is 0 Å². The van der Waals surface area contributed by atoms with Crippen LogP contribution >= 0.6 is 0 Å². The Balaban J connectivity index is 3.12. The van der Waals surface area contributed by atoms with Gasteiger partial charge in [-0.3, -0.25) is 4.72 Å². The third kappa shape index (κ3) is 2.63. The molecule has 1 aromatic heterocycles. The van der Waals surface area contributed by atoms with Gasteiger partial charge in [-0.1, -0.05) is 0 Å². The minimum Gasteiger partial charge on any atom is -0.476 e. The highest BCUT2D eigenvalue weighted by Crippen LogP contribution is 2.16. The molecule has 0 aliphatic rings. The van der Waals surface area contributed by atoms with Gasteiger partial charge < -0.3 is 5.11 Å². The number of pyridine rings is 1. The van der Waals surface area contributed by atoms with Crippen LogP contribution in [0.2, 0.25) is 0 Å². The van der Waals surface area contributed by atoms with Crippen molar-refractivity contribution >= 4 is 21.7 Å². The summed E-state index contributed by atoms with van der Waals surface area (Å²) in [5.74, 6) is -5.16. The van der Waals surface area contributed by atoms with E-state index in [-0.39, 0.29) is 0 Å². The normalized spacial score (nSPS) is 11.4. The maximum Gasteiger partial charge on any atom is 0.356 e. The largest absolute Gasteiger partial charge is 0.476 e. The monoisotopic (exact) mass is 252 g/mol. The standard InChI is InChI=1S/C7H6F2N2O4S/c8-7(9)16(14,15)11-4-2-1-3-10-5(4)6(12)13/h1-3,7,11H,(H,12,13). The molecule has 1 heterocycles. The molecule has 0 aromatic carbocycles. The van der Waals surface area contributed by atoms with E-state index in [1.54, 1.807) is 0 Å². The number of nitrogens with zero attached hydrogens (tertiary/aromatic N) is 1. The van der Waals surface area contributed by atoms with Gasteiger partial charge in [-0.05, 0) is 12.1 Å². The lowest BCUT2D eigenvalue weighted by Crippen LogP contribution is -2.22. The Bertz CT molecular complexity index is 503. The molecular weight excluding hydrogens is 246 g/mol. The number of anilines is 1. The summed E-state index contributed by atoms with van der Waals surface area (Å²) >= 11 is 0. The number of aromatic nitrogens is 1. The summed E-state index contributed by atoms with van der Waals surface area (Å²) in [4.78, 5) is 13.9. The van der Waals surface area contributed by atoms with Gasteiger partial charge in [0.05, 0.1) is 5.69 Å². The summed E-state index contributed by atoms with van der Waals surface area (Å²) in [5, 5.41) is 8.62. The fourth-order valence-corrected chi connectivity index (χ4v) is 1.42. The van der Waals surface area contributed by atoms with Crippen LogP contribution in [-0.4, -0.2) is 30.2 Å². The number of nitrogens with one attached hydrogen (secondary N) is 1. The summed E-state index contributed by atoms with van der Waals surface area (Å²) in [6.45, 7) is 0. The van der Waals surface area contributed by atoms with E-state index in [4.69, 9.17) is 5.11 Å². The van der Waals surface area contributed by atoms with Crippen LogP contribution in [0.15, 0.2) is 18.3 Å². The number of sulfonamides is 1. The minimum absolute atomic E-state index is 0.504. The van der Waals surface area contributed by atoms with Crippen molar-refractivity contribution in [2.75, 3.05) is 4.72 Å². The molecule has 9 heteroatoms. The fraction of sp³-hybridized carbons (Fsp3) is 0.143. The van der Waals surface area contributed by atoms with E-state index in [2.05, 4.69) is 4.98 Å². The second kappa shape index (κ2) is 4.39. The summed E-state index contributed by atoms with van der Waals surface area (Å²) < 4.78 is 47.1. The van der Waals surface area contributed by atoms with E-state index in [0.717, 1.165) is 12.3 Å². The first-order chi connectivity index (χ1) is 7.34. The number of carboxylic acid groups (broad SMARTS) is 1. The topological polar surface area (TPSA) is 96.4 Å². The highest BCUT2D eigenvalue weighted by atomic mass is 32.2. The highest BCUT2D eigenvalue weighted by molar-refractivity contribution is 7.93. The molecule has 88 valence electrons. The predicted octanol–water partition coefficient (Wildman–Crippen LogP) is 0.744. The lowest BCUT2D eigenvalue weighted by molar-refractivity contribution is 0.0691. The van der Waals surface area contributed by atoms with E-state index in [9.17, 15) is 22.0 Å². The number of aromatic carboxylic acids is 1. The molecule has 0 atom stereocenters. The van der Waals surface area contributed by atoms with Gasteiger partial charge in [0.25, 0.3) is 10.0 Å². The molecular formula is C7H6F2N2O4S. The Morgan fingerprint density at radius 3 is 2.62 bits per heavy atom. The Morgan fingerprint density at radius 1 is 1.50 bits per heavy atom. The van der Waals surface area contributed by atoms with Crippen LogP contribution in [0.4, 0.5) is 14.5 Å². The summed E-state index contributed by atoms with van der Waals surface area (Å²) in [5.41, 5.74) is -1.15. The first-order valence-electron chi connectivity index (χ1n) is 3.82. The number of halogens is 2. The first-order valence-corrected chi connectivity index (χ1v) is 5.37. The maximum atomic E-state index is 12.0. The van der Waals surface area contributed by atoms with E-state index in [1.165, 1.54) is 10.8 Å². The first kappa shape index (κ1) is 12.3. The minimum atomic E-state index is -4.89. The second-order valence-electron chi connectivity index (χ2n) is 2.61. The van der Waals surface area contributed by atoms with Gasteiger partial charge in [0, 0.05) is 6.20 Å². The molecule has 0 aliphatic heterocycles. The zero-order valence-corrected chi connectivity index (χ0v) is 8.41. The Hall–Kier alpha value is -1.77. The molecule has 0 amide bonds.